The molecule has 1 aliphatic rings. The minimum Gasteiger partial charge on any atom is -0.384 e. The van der Waals surface area contributed by atoms with Crippen molar-refractivity contribution in [2.45, 2.75) is 38.4 Å². The first-order chi connectivity index (χ1) is 10.9. The Hall–Kier alpha value is -0.950. The molecule has 0 aliphatic carbocycles. The van der Waals surface area contributed by atoms with Gasteiger partial charge in [0.05, 0.1) is 12.4 Å². The maximum Gasteiger partial charge on any atom is 0.216 e. The third-order valence-electron chi connectivity index (χ3n) is 4.71. The van der Waals surface area contributed by atoms with Crippen LogP contribution in [-0.4, -0.2) is 62.8 Å². The molecule has 0 bridgehead atoms. The number of methoxy groups -OCH3 is 1. The van der Waals surface area contributed by atoms with Gasteiger partial charge in [-0.2, -0.15) is 0 Å². The van der Waals surface area contributed by atoms with Crippen LogP contribution in [0.15, 0.2) is 30.3 Å². The molecule has 1 aliphatic heterocycles. The molecule has 0 saturated carbocycles. The predicted octanol–water partition coefficient (Wildman–Crippen LogP) is 1.95. The second kappa shape index (κ2) is 8.24. The second-order valence-corrected chi connectivity index (χ2v) is 8.46. The van der Waals surface area contributed by atoms with E-state index < -0.39 is 10.0 Å². The van der Waals surface area contributed by atoms with E-state index in [1.165, 1.54) is 12.7 Å². The lowest BCUT2D eigenvalue weighted by atomic mass is 9.98. The molecule has 1 aromatic rings. The van der Waals surface area contributed by atoms with Crippen LogP contribution in [0.3, 0.4) is 0 Å². The van der Waals surface area contributed by atoms with Crippen molar-refractivity contribution in [2.75, 3.05) is 33.1 Å². The van der Waals surface area contributed by atoms with Gasteiger partial charge in [-0.3, -0.25) is 4.90 Å². The number of piperidine rings is 1. The van der Waals surface area contributed by atoms with Gasteiger partial charge in [0, 0.05) is 39.3 Å². The van der Waals surface area contributed by atoms with Crippen molar-refractivity contribution in [1.29, 1.82) is 0 Å². The smallest absolute Gasteiger partial charge is 0.216 e. The molecule has 1 fully saturated rings. The van der Waals surface area contributed by atoms with Gasteiger partial charge >= 0.3 is 0 Å². The summed E-state index contributed by atoms with van der Waals surface area (Å²) in [4.78, 5) is 2.43. The van der Waals surface area contributed by atoms with Gasteiger partial charge in [-0.1, -0.05) is 30.3 Å². The highest BCUT2D eigenvalue weighted by Crippen LogP contribution is 2.24. The number of likely N-dealkylation sites (tertiary alicyclic amines) is 1. The number of nitrogens with zero attached hydrogens (tertiary/aromatic N) is 2. The standard InChI is InChI=1S/C17H28N2O3S/c1-15-13-17(18(2)23(20,21)12-11-22-3)9-10-19(15)14-16-7-5-4-6-8-16/h4-8,15,17H,9-14H2,1-3H3/t15-,17+/m1/s1. The van der Waals surface area contributed by atoms with Crippen molar-refractivity contribution < 1.29 is 13.2 Å². The second-order valence-electron chi connectivity index (χ2n) is 6.31. The third-order valence-corrected chi connectivity index (χ3v) is 6.57. The summed E-state index contributed by atoms with van der Waals surface area (Å²) in [5.74, 6) is 0.0542. The zero-order valence-electron chi connectivity index (χ0n) is 14.3. The number of benzene rings is 1. The van der Waals surface area contributed by atoms with Gasteiger partial charge in [-0.25, -0.2) is 12.7 Å². The van der Waals surface area contributed by atoms with Crippen molar-refractivity contribution in [3.8, 4) is 0 Å². The van der Waals surface area contributed by atoms with Gasteiger partial charge in [0.2, 0.25) is 10.0 Å². The molecule has 1 aromatic carbocycles. The van der Waals surface area contributed by atoms with Crippen molar-refractivity contribution >= 4 is 10.0 Å². The summed E-state index contributed by atoms with van der Waals surface area (Å²) in [5, 5.41) is 0. The van der Waals surface area contributed by atoms with Crippen LogP contribution in [0.2, 0.25) is 0 Å². The molecule has 0 spiro atoms. The summed E-state index contributed by atoms with van der Waals surface area (Å²) in [6.45, 7) is 4.28. The van der Waals surface area contributed by atoms with E-state index in [0.717, 1.165) is 25.9 Å². The summed E-state index contributed by atoms with van der Waals surface area (Å²) in [7, 11) is -0.000985. The minimum absolute atomic E-state index is 0.0542. The first-order valence-electron chi connectivity index (χ1n) is 8.16. The van der Waals surface area contributed by atoms with E-state index >= 15 is 0 Å². The van der Waals surface area contributed by atoms with Crippen molar-refractivity contribution in [1.82, 2.24) is 9.21 Å². The van der Waals surface area contributed by atoms with Crippen LogP contribution >= 0.6 is 0 Å². The Bertz CT molecular complexity index is 577. The molecular formula is C17H28N2O3S. The lowest BCUT2D eigenvalue weighted by molar-refractivity contribution is 0.108. The zero-order chi connectivity index (χ0) is 16.9. The molecule has 0 unspecified atom stereocenters. The lowest BCUT2D eigenvalue weighted by Gasteiger charge is -2.40. The van der Waals surface area contributed by atoms with Gasteiger partial charge < -0.3 is 4.74 Å². The van der Waals surface area contributed by atoms with E-state index in [2.05, 4.69) is 36.1 Å². The summed E-state index contributed by atoms with van der Waals surface area (Å²) < 4.78 is 31.1. The first-order valence-corrected chi connectivity index (χ1v) is 9.77. The van der Waals surface area contributed by atoms with Gasteiger partial charge in [-0.05, 0) is 25.3 Å². The quantitative estimate of drug-likeness (QED) is 0.761. The highest BCUT2D eigenvalue weighted by molar-refractivity contribution is 7.89. The highest BCUT2D eigenvalue weighted by Gasteiger charge is 2.32. The summed E-state index contributed by atoms with van der Waals surface area (Å²) >= 11 is 0. The first kappa shape index (κ1) is 18.4. The maximum absolute atomic E-state index is 12.3. The lowest BCUT2D eigenvalue weighted by Crippen LogP contribution is -2.49. The number of sulfonamides is 1. The van der Waals surface area contributed by atoms with Crippen LogP contribution in [0.4, 0.5) is 0 Å². The van der Waals surface area contributed by atoms with Crippen LogP contribution < -0.4 is 0 Å². The van der Waals surface area contributed by atoms with E-state index in [-0.39, 0.29) is 18.4 Å². The van der Waals surface area contributed by atoms with Crippen LogP contribution in [0.1, 0.15) is 25.3 Å². The van der Waals surface area contributed by atoms with Gasteiger partial charge in [0.1, 0.15) is 0 Å². The number of rotatable bonds is 7. The summed E-state index contributed by atoms with van der Waals surface area (Å²) in [6.07, 6.45) is 1.75. The largest absolute Gasteiger partial charge is 0.384 e. The molecule has 5 nitrogen and oxygen atoms in total. The highest BCUT2D eigenvalue weighted by atomic mass is 32.2. The molecular weight excluding hydrogens is 312 g/mol. The molecule has 0 radical (unpaired) electrons. The Kier molecular flexibility index (Phi) is 6.59. The predicted molar refractivity (Wildman–Crippen MR) is 92.8 cm³/mol. The fourth-order valence-corrected chi connectivity index (χ4v) is 4.45. The van der Waals surface area contributed by atoms with E-state index in [4.69, 9.17) is 4.74 Å². The third kappa shape index (κ3) is 5.01. The Morgan fingerprint density at radius 2 is 2.00 bits per heavy atom. The van der Waals surface area contributed by atoms with Crippen LogP contribution in [0, 0.1) is 0 Å². The average Bonchev–Trinajstić information content (AvgIpc) is 2.55. The fraction of sp³-hybridized carbons (Fsp3) is 0.647. The average molecular weight is 340 g/mol. The number of ether oxygens (including phenoxy) is 1. The topological polar surface area (TPSA) is 49.9 Å². The Morgan fingerprint density at radius 3 is 2.61 bits per heavy atom. The van der Waals surface area contributed by atoms with Crippen molar-refractivity contribution in [2.24, 2.45) is 0 Å². The van der Waals surface area contributed by atoms with Gasteiger partial charge in [-0.15, -0.1) is 0 Å². The summed E-state index contributed by atoms with van der Waals surface area (Å²) in [6, 6.07) is 10.9. The van der Waals surface area contributed by atoms with Crippen LogP contribution in [0.5, 0.6) is 0 Å². The monoisotopic (exact) mass is 340 g/mol. The fourth-order valence-electron chi connectivity index (χ4n) is 3.14. The van der Waals surface area contributed by atoms with Crippen LogP contribution in [0.25, 0.3) is 0 Å². The summed E-state index contributed by atoms with van der Waals surface area (Å²) in [5.41, 5.74) is 1.30. The van der Waals surface area contributed by atoms with E-state index in [1.54, 1.807) is 11.4 Å². The molecule has 6 heteroatoms. The molecule has 1 heterocycles. The molecule has 0 aromatic heterocycles. The molecule has 0 N–H and O–H groups in total. The Balaban J connectivity index is 1.93. The maximum atomic E-state index is 12.3. The minimum atomic E-state index is -3.23. The molecule has 2 rings (SSSR count). The zero-order valence-corrected chi connectivity index (χ0v) is 15.1. The number of hydrogen-bond donors (Lipinski definition) is 0. The molecule has 1 saturated heterocycles. The molecule has 2 atom stereocenters. The van der Waals surface area contributed by atoms with Crippen LogP contribution in [-0.2, 0) is 21.3 Å². The van der Waals surface area contributed by atoms with Crippen molar-refractivity contribution in [3.63, 3.8) is 0 Å². The molecule has 23 heavy (non-hydrogen) atoms. The normalized spacial score (nSPS) is 23.3. The van der Waals surface area contributed by atoms with E-state index in [0.29, 0.717) is 6.04 Å². The van der Waals surface area contributed by atoms with E-state index in [1.807, 2.05) is 6.07 Å². The SMILES string of the molecule is COCCS(=O)(=O)N(C)[C@H]1CCN(Cc2ccccc2)[C@H](C)C1. The Morgan fingerprint density at radius 1 is 1.30 bits per heavy atom. The number of hydrogen-bond acceptors (Lipinski definition) is 4. The molecule has 130 valence electrons. The van der Waals surface area contributed by atoms with Gasteiger partial charge in [0.15, 0.2) is 0 Å². The van der Waals surface area contributed by atoms with Gasteiger partial charge in [0.25, 0.3) is 0 Å². The van der Waals surface area contributed by atoms with E-state index in [9.17, 15) is 8.42 Å². The Labute approximate surface area is 140 Å². The van der Waals surface area contributed by atoms with Crippen molar-refractivity contribution in [3.05, 3.63) is 35.9 Å². The molecule has 0 amide bonds.